The summed E-state index contributed by atoms with van der Waals surface area (Å²) in [4.78, 5) is 18.6. The molecule has 1 unspecified atom stereocenters. The van der Waals surface area contributed by atoms with Crippen LogP contribution in [0.25, 0.3) is 0 Å². The topological polar surface area (TPSA) is 42.4 Å². The molecule has 1 amide bonds. The van der Waals surface area contributed by atoms with Gasteiger partial charge in [0.25, 0.3) is 5.91 Å². The molecule has 1 aromatic heterocycles. The summed E-state index contributed by atoms with van der Waals surface area (Å²) in [6, 6.07) is 2.02. The summed E-state index contributed by atoms with van der Waals surface area (Å²) >= 11 is 9.37. The lowest BCUT2D eigenvalue weighted by Gasteiger charge is -2.28. The lowest BCUT2D eigenvalue weighted by molar-refractivity contribution is -0.0142. The molecule has 1 aliphatic heterocycles. The van der Waals surface area contributed by atoms with E-state index in [1.54, 1.807) is 12.3 Å². The predicted octanol–water partition coefficient (Wildman–Crippen LogP) is 3.24. The molecule has 6 heteroatoms. The summed E-state index contributed by atoms with van der Waals surface area (Å²) in [5, 5.41) is 0.247. The third-order valence-electron chi connectivity index (χ3n) is 3.43. The Morgan fingerprint density at radius 3 is 2.89 bits per heavy atom. The van der Waals surface area contributed by atoms with Gasteiger partial charge in [-0.25, -0.2) is 4.98 Å². The predicted molar refractivity (Wildman–Crippen MR) is 75.1 cm³/mol. The molecule has 0 aromatic carbocycles. The molecule has 1 aromatic rings. The van der Waals surface area contributed by atoms with Crippen LogP contribution in [0.2, 0.25) is 5.15 Å². The third kappa shape index (κ3) is 2.78. The highest BCUT2D eigenvalue weighted by atomic mass is 79.9. The molecule has 0 spiro atoms. The fourth-order valence-corrected chi connectivity index (χ4v) is 2.89. The largest absolute Gasteiger partial charge is 0.358 e. The lowest BCUT2D eigenvalue weighted by atomic mass is 10.2. The minimum Gasteiger partial charge on any atom is -0.358 e. The molecular formula is C13H14BrClN2O2. The summed E-state index contributed by atoms with van der Waals surface area (Å²) in [6.07, 6.45) is 5.49. The van der Waals surface area contributed by atoms with Crippen LogP contribution >= 0.6 is 27.5 Å². The number of hydrogen-bond acceptors (Lipinski definition) is 3. The van der Waals surface area contributed by atoms with Gasteiger partial charge >= 0.3 is 0 Å². The first-order valence-electron chi connectivity index (χ1n) is 6.42. The minimum absolute atomic E-state index is 0.0757. The maximum Gasteiger partial charge on any atom is 0.259 e. The molecule has 102 valence electrons. The van der Waals surface area contributed by atoms with Gasteiger partial charge in [-0.15, -0.1) is 0 Å². The maximum atomic E-state index is 12.7. The van der Waals surface area contributed by atoms with E-state index in [0.717, 1.165) is 36.8 Å². The summed E-state index contributed by atoms with van der Waals surface area (Å²) in [7, 11) is 0. The second-order valence-corrected chi connectivity index (χ2v) is 6.18. The SMILES string of the molecule is O=C(c1cc(Br)cnc1Cl)N(C1CC1)C1CCCO1. The standard InChI is InChI=1S/C13H14BrClN2O2/c14-8-6-10(12(15)16-7-8)13(18)17(9-3-4-9)11-2-1-5-19-11/h6-7,9,11H,1-5H2. The molecule has 19 heavy (non-hydrogen) atoms. The Morgan fingerprint density at radius 2 is 2.26 bits per heavy atom. The fraction of sp³-hybridized carbons (Fsp3) is 0.538. The zero-order valence-corrected chi connectivity index (χ0v) is 12.7. The van der Waals surface area contributed by atoms with E-state index in [-0.39, 0.29) is 17.3 Å². The first-order chi connectivity index (χ1) is 9.16. The molecule has 0 N–H and O–H groups in total. The van der Waals surface area contributed by atoms with Crippen molar-refractivity contribution in [2.45, 2.75) is 38.0 Å². The molecule has 1 saturated heterocycles. The Kier molecular flexibility index (Phi) is 3.78. The Balaban J connectivity index is 1.89. The van der Waals surface area contributed by atoms with E-state index in [0.29, 0.717) is 11.6 Å². The molecule has 1 saturated carbocycles. The number of ether oxygens (including phenoxy) is 1. The second kappa shape index (κ2) is 5.38. The molecule has 2 heterocycles. The Hall–Kier alpha value is -0.650. The summed E-state index contributed by atoms with van der Waals surface area (Å²) in [5.41, 5.74) is 0.443. The van der Waals surface area contributed by atoms with Gasteiger partial charge in [0, 0.05) is 23.3 Å². The van der Waals surface area contributed by atoms with Gasteiger partial charge in [0.15, 0.2) is 0 Å². The van der Waals surface area contributed by atoms with Crippen LogP contribution in [-0.2, 0) is 4.74 Å². The van der Waals surface area contributed by atoms with Crippen molar-refractivity contribution < 1.29 is 9.53 Å². The zero-order chi connectivity index (χ0) is 13.4. The summed E-state index contributed by atoms with van der Waals surface area (Å²) in [5.74, 6) is -0.0757. The van der Waals surface area contributed by atoms with Crippen LogP contribution < -0.4 is 0 Å². The van der Waals surface area contributed by atoms with E-state index in [1.807, 2.05) is 4.90 Å². The smallest absolute Gasteiger partial charge is 0.259 e. The summed E-state index contributed by atoms with van der Waals surface area (Å²) in [6.45, 7) is 0.728. The molecule has 0 bridgehead atoms. The minimum atomic E-state index is -0.102. The van der Waals surface area contributed by atoms with Gasteiger partial charge < -0.3 is 9.64 Å². The highest BCUT2D eigenvalue weighted by Gasteiger charge is 2.40. The highest BCUT2D eigenvalue weighted by molar-refractivity contribution is 9.10. The van der Waals surface area contributed by atoms with Crippen LogP contribution in [0.5, 0.6) is 0 Å². The number of carbonyl (C=O) groups excluding carboxylic acids is 1. The van der Waals surface area contributed by atoms with Crippen LogP contribution in [0.15, 0.2) is 16.7 Å². The van der Waals surface area contributed by atoms with Crippen LogP contribution in [0.4, 0.5) is 0 Å². The normalized spacial score (nSPS) is 22.5. The molecule has 1 atom stereocenters. The molecule has 1 aliphatic carbocycles. The number of carbonyl (C=O) groups is 1. The van der Waals surface area contributed by atoms with Crippen LogP contribution in [0.3, 0.4) is 0 Å². The van der Waals surface area contributed by atoms with E-state index in [2.05, 4.69) is 20.9 Å². The number of halogens is 2. The zero-order valence-electron chi connectivity index (χ0n) is 10.3. The number of pyridine rings is 1. The highest BCUT2D eigenvalue weighted by Crippen LogP contribution is 2.34. The van der Waals surface area contributed by atoms with Crippen molar-refractivity contribution in [3.8, 4) is 0 Å². The number of aromatic nitrogens is 1. The number of hydrogen-bond donors (Lipinski definition) is 0. The van der Waals surface area contributed by atoms with E-state index in [4.69, 9.17) is 16.3 Å². The van der Waals surface area contributed by atoms with Crippen molar-refractivity contribution in [1.29, 1.82) is 0 Å². The number of rotatable bonds is 3. The van der Waals surface area contributed by atoms with Crippen LogP contribution in [0.1, 0.15) is 36.0 Å². The lowest BCUT2D eigenvalue weighted by Crippen LogP contribution is -2.41. The number of nitrogens with zero attached hydrogens (tertiary/aromatic N) is 2. The fourth-order valence-electron chi connectivity index (χ4n) is 2.38. The van der Waals surface area contributed by atoms with Crippen LogP contribution in [-0.4, -0.2) is 34.7 Å². The Bertz CT molecular complexity index is 501. The quantitative estimate of drug-likeness (QED) is 0.790. The third-order valence-corrected chi connectivity index (χ3v) is 4.16. The molecule has 2 aliphatic rings. The molecule has 4 nitrogen and oxygen atoms in total. The van der Waals surface area contributed by atoms with Crippen molar-refractivity contribution in [2.75, 3.05) is 6.61 Å². The van der Waals surface area contributed by atoms with Gasteiger partial charge in [0.2, 0.25) is 0 Å². The van der Waals surface area contributed by atoms with E-state index in [1.165, 1.54) is 0 Å². The van der Waals surface area contributed by atoms with E-state index < -0.39 is 0 Å². The molecule has 3 rings (SSSR count). The van der Waals surface area contributed by atoms with Gasteiger partial charge in [-0.3, -0.25) is 4.79 Å². The first-order valence-corrected chi connectivity index (χ1v) is 7.59. The molecular weight excluding hydrogens is 332 g/mol. The Morgan fingerprint density at radius 1 is 1.47 bits per heavy atom. The molecule has 2 fully saturated rings. The van der Waals surface area contributed by atoms with Gasteiger partial charge in [-0.2, -0.15) is 0 Å². The average Bonchev–Trinajstić information content (AvgIpc) is 3.07. The van der Waals surface area contributed by atoms with Gasteiger partial charge in [0.1, 0.15) is 11.4 Å². The van der Waals surface area contributed by atoms with Crippen molar-refractivity contribution >= 4 is 33.4 Å². The maximum absolute atomic E-state index is 12.7. The van der Waals surface area contributed by atoms with Crippen LogP contribution in [0, 0.1) is 0 Å². The van der Waals surface area contributed by atoms with Gasteiger partial charge in [-0.1, -0.05) is 11.6 Å². The second-order valence-electron chi connectivity index (χ2n) is 4.90. The van der Waals surface area contributed by atoms with Gasteiger partial charge in [0.05, 0.1) is 5.56 Å². The van der Waals surface area contributed by atoms with Crippen molar-refractivity contribution in [3.63, 3.8) is 0 Å². The van der Waals surface area contributed by atoms with E-state index in [9.17, 15) is 4.79 Å². The molecule has 0 radical (unpaired) electrons. The first kappa shape index (κ1) is 13.3. The van der Waals surface area contributed by atoms with Crippen molar-refractivity contribution in [3.05, 3.63) is 27.5 Å². The van der Waals surface area contributed by atoms with Crippen molar-refractivity contribution in [1.82, 2.24) is 9.88 Å². The van der Waals surface area contributed by atoms with Crippen molar-refractivity contribution in [2.24, 2.45) is 0 Å². The summed E-state index contributed by atoms with van der Waals surface area (Å²) < 4.78 is 6.41. The average molecular weight is 346 g/mol. The number of amides is 1. The van der Waals surface area contributed by atoms with E-state index >= 15 is 0 Å². The monoisotopic (exact) mass is 344 g/mol. The Labute approximate surface area is 125 Å². The van der Waals surface area contributed by atoms with Gasteiger partial charge in [-0.05, 0) is 47.7 Å².